The van der Waals surface area contributed by atoms with Crippen LogP contribution in [0.3, 0.4) is 0 Å². The number of fused-ring (bicyclic) bond motifs is 3. The van der Waals surface area contributed by atoms with E-state index in [0.29, 0.717) is 27.6 Å². The highest BCUT2D eigenvalue weighted by atomic mass is 19.4. The minimum atomic E-state index is -4.54. The van der Waals surface area contributed by atoms with E-state index in [0.717, 1.165) is 23.3 Å². The fraction of sp³-hybridized carbons (Fsp3) is 0.0769. The highest BCUT2D eigenvalue weighted by molar-refractivity contribution is 6.05. The first-order chi connectivity index (χ1) is 16.7. The number of benzene rings is 2. The van der Waals surface area contributed by atoms with Gasteiger partial charge in [-0.2, -0.15) is 13.2 Å². The van der Waals surface area contributed by atoms with Gasteiger partial charge in [0.05, 0.1) is 16.6 Å². The van der Waals surface area contributed by atoms with Gasteiger partial charge in [-0.3, -0.25) is 19.1 Å². The summed E-state index contributed by atoms with van der Waals surface area (Å²) in [4.78, 5) is 32.9. The van der Waals surface area contributed by atoms with Crippen LogP contribution < -0.4 is 10.9 Å². The molecule has 174 valence electrons. The van der Waals surface area contributed by atoms with Crippen molar-refractivity contribution in [3.05, 3.63) is 95.0 Å². The minimum Gasteiger partial charge on any atom is -0.311 e. The van der Waals surface area contributed by atoms with Crippen LogP contribution in [0.25, 0.3) is 38.6 Å². The average molecular weight is 474 g/mol. The minimum absolute atomic E-state index is 0.106. The average Bonchev–Trinajstić information content (AvgIpc) is 2.83. The molecule has 0 aliphatic heterocycles. The van der Waals surface area contributed by atoms with Crippen LogP contribution in [0, 0.1) is 0 Å². The number of halogens is 3. The van der Waals surface area contributed by atoms with Crippen LogP contribution in [-0.2, 0) is 11.0 Å². The normalized spacial score (nSPS) is 11.7. The van der Waals surface area contributed by atoms with E-state index in [9.17, 15) is 22.8 Å². The van der Waals surface area contributed by atoms with Crippen LogP contribution in [0.4, 0.5) is 19.0 Å². The van der Waals surface area contributed by atoms with Crippen LogP contribution in [0.2, 0.25) is 0 Å². The monoisotopic (exact) mass is 474 g/mol. The van der Waals surface area contributed by atoms with Crippen LogP contribution in [0.5, 0.6) is 0 Å². The predicted molar refractivity (Wildman–Crippen MR) is 127 cm³/mol. The first kappa shape index (κ1) is 22.3. The molecule has 0 saturated carbocycles. The number of anilines is 1. The van der Waals surface area contributed by atoms with Crippen molar-refractivity contribution in [1.82, 2.24) is 14.5 Å². The molecule has 9 heteroatoms. The van der Waals surface area contributed by atoms with Crippen molar-refractivity contribution >= 4 is 33.5 Å². The van der Waals surface area contributed by atoms with Crippen molar-refractivity contribution in [2.24, 2.45) is 0 Å². The maximum Gasteiger partial charge on any atom is 0.416 e. The van der Waals surface area contributed by atoms with Gasteiger partial charge in [0.2, 0.25) is 5.91 Å². The molecule has 0 unspecified atom stereocenters. The Balaban J connectivity index is 1.74. The van der Waals surface area contributed by atoms with Gasteiger partial charge < -0.3 is 5.32 Å². The molecule has 0 bridgehead atoms. The van der Waals surface area contributed by atoms with E-state index < -0.39 is 17.3 Å². The Morgan fingerprint density at radius 3 is 2.43 bits per heavy atom. The Labute approximate surface area is 196 Å². The summed E-state index contributed by atoms with van der Waals surface area (Å²) in [6, 6.07) is 16.5. The quantitative estimate of drug-likeness (QED) is 0.347. The van der Waals surface area contributed by atoms with Gasteiger partial charge in [0.25, 0.3) is 5.56 Å². The van der Waals surface area contributed by atoms with Crippen molar-refractivity contribution in [2.75, 3.05) is 5.32 Å². The fourth-order valence-electron chi connectivity index (χ4n) is 3.99. The van der Waals surface area contributed by atoms with Gasteiger partial charge in [0.15, 0.2) is 0 Å². The summed E-state index contributed by atoms with van der Waals surface area (Å²) >= 11 is 0. The smallest absolute Gasteiger partial charge is 0.311 e. The van der Waals surface area contributed by atoms with Gasteiger partial charge >= 0.3 is 6.18 Å². The van der Waals surface area contributed by atoms with E-state index in [4.69, 9.17) is 0 Å². The SMILES string of the molecule is CC(=O)Nc1ccc(-c2ccc3ncc4ccc(=O)n(-c5cccc(C(F)(F)F)c5)c4c3c2)cn1. The topological polar surface area (TPSA) is 76.9 Å². The van der Waals surface area contributed by atoms with Gasteiger partial charge in [-0.05, 0) is 54.1 Å². The third-order valence-electron chi connectivity index (χ3n) is 5.55. The highest BCUT2D eigenvalue weighted by Gasteiger charge is 2.30. The molecule has 0 saturated heterocycles. The summed E-state index contributed by atoms with van der Waals surface area (Å²) in [5.74, 6) is 0.175. The Kier molecular flexibility index (Phi) is 5.32. The molecular formula is C26H17F3N4O2. The molecule has 35 heavy (non-hydrogen) atoms. The second kappa shape index (κ2) is 8.35. The summed E-state index contributed by atoms with van der Waals surface area (Å²) < 4.78 is 41.4. The van der Waals surface area contributed by atoms with Crippen LogP contribution in [-0.4, -0.2) is 20.4 Å². The molecule has 3 heterocycles. The van der Waals surface area contributed by atoms with Gasteiger partial charge in [0, 0.05) is 47.4 Å². The molecule has 6 nitrogen and oxygen atoms in total. The summed E-state index contributed by atoms with van der Waals surface area (Å²) in [6.07, 6.45) is -1.35. The molecular weight excluding hydrogens is 457 g/mol. The molecule has 0 aliphatic carbocycles. The van der Waals surface area contributed by atoms with Gasteiger partial charge in [0.1, 0.15) is 5.82 Å². The van der Waals surface area contributed by atoms with Crippen LogP contribution >= 0.6 is 0 Å². The lowest BCUT2D eigenvalue weighted by molar-refractivity contribution is -0.137. The predicted octanol–water partition coefficient (Wildman–Crippen LogP) is 5.58. The van der Waals surface area contributed by atoms with Crippen LogP contribution in [0.15, 0.2) is 83.9 Å². The maximum atomic E-state index is 13.4. The zero-order chi connectivity index (χ0) is 24.7. The Morgan fingerprint density at radius 1 is 0.914 bits per heavy atom. The number of amides is 1. The Hall–Kier alpha value is -4.53. The van der Waals surface area contributed by atoms with Crippen molar-refractivity contribution in [3.63, 3.8) is 0 Å². The number of carbonyl (C=O) groups excluding carboxylic acids is 1. The van der Waals surface area contributed by atoms with Crippen molar-refractivity contribution in [2.45, 2.75) is 13.1 Å². The molecule has 0 spiro atoms. The summed E-state index contributed by atoms with van der Waals surface area (Å²) in [7, 11) is 0. The molecule has 1 N–H and O–H groups in total. The molecule has 3 aromatic heterocycles. The van der Waals surface area contributed by atoms with Gasteiger partial charge in [-0.15, -0.1) is 0 Å². The molecule has 0 atom stereocenters. The van der Waals surface area contributed by atoms with Crippen molar-refractivity contribution in [1.29, 1.82) is 0 Å². The number of rotatable bonds is 3. The van der Waals surface area contributed by atoms with Crippen molar-refractivity contribution < 1.29 is 18.0 Å². The summed E-state index contributed by atoms with van der Waals surface area (Å²) in [6.45, 7) is 1.39. The van der Waals surface area contributed by atoms with E-state index >= 15 is 0 Å². The number of aromatic nitrogens is 3. The molecule has 0 aliphatic rings. The van der Waals surface area contributed by atoms with E-state index in [1.807, 2.05) is 12.1 Å². The molecule has 1 amide bonds. The molecule has 0 radical (unpaired) electrons. The van der Waals surface area contributed by atoms with E-state index in [2.05, 4.69) is 15.3 Å². The van der Waals surface area contributed by atoms with Gasteiger partial charge in [-0.25, -0.2) is 4.98 Å². The zero-order valence-electron chi connectivity index (χ0n) is 18.3. The van der Waals surface area contributed by atoms with Gasteiger partial charge in [-0.1, -0.05) is 12.1 Å². The lowest BCUT2D eigenvalue weighted by atomic mass is 10.0. The van der Waals surface area contributed by atoms with E-state index in [1.54, 1.807) is 36.7 Å². The number of nitrogens with zero attached hydrogens (tertiary/aromatic N) is 3. The first-order valence-corrected chi connectivity index (χ1v) is 10.6. The molecule has 2 aromatic carbocycles. The Bertz CT molecular complexity index is 1660. The maximum absolute atomic E-state index is 13.4. The number of alkyl halides is 3. The number of carbonyl (C=O) groups is 1. The fourth-order valence-corrected chi connectivity index (χ4v) is 3.99. The number of hydrogen-bond acceptors (Lipinski definition) is 4. The second-order valence-corrected chi connectivity index (χ2v) is 7.96. The number of hydrogen-bond donors (Lipinski definition) is 1. The second-order valence-electron chi connectivity index (χ2n) is 7.96. The van der Waals surface area contributed by atoms with Crippen LogP contribution in [0.1, 0.15) is 12.5 Å². The molecule has 0 fully saturated rings. The lowest BCUT2D eigenvalue weighted by Gasteiger charge is -2.15. The summed E-state index contributed by atoms with van der Waals surface area (Å²) in [5.41, 5.74) is 1.35. The molecule has 5 aromatic rings. The third kappa shape index (κ3) is 4.23. The first-order valence-electron chi connectivity index (χ1n) is 10.6. The Morgan fingerprint density at radius 2 is 1.71 bits per heavy atom. The number of pyridine rings is 3. The van der Waals surface area contributed by atoms with Crippen molar-refractivity contribution in [3.8, 4) is 16.8 Å². The highest BCUT2D eigenvalue weighted by Crippen LogP contribution is 2.32. The van der Waals surface area contributed by atoms with E-state index in [-0.39, 0.29) is 11.6 Å². The standard InChI is InChI=1S/C26H17F3N4O2/c1-15(34)32-23-9-6-17(13-31-23)16-5-8-22-21(11-16)25-18(14-30-22)7-10-24(35)33(25)20-4-2-3-19(12-20)26(27,28)29/h2-14H,1H3,(H,31,32,34). The molecule has 5 rings (SSSR count). The van der Waals surface area contributed by atoms with E-state index in [1.165, 1.54) is 29.7 Å². The largest absolute Gasteiger partial charge is 0.416 e. The lowest BCUT2D eigenvalue weighted by Crippen LogP contribution is -2.18. The third-order valence-corrected chi connectivity index (χ3v) is 5.55. The number of nitrogens with one attached hydrogen (secondary N) is 1. The zero-order valence-corrected chi connectivity index (χ0v) is 18.3. The summed E-state index contributed by atoms with van der Waals surface area (Å²) in [5, 5.41) is 3.81.